The Bertz CT molecular complexity index is 823. The van der Waals surface area contributed by atoms with E-state index in [9.17, 15) is 14.7 Å². The van der Waals surface area contributed by atoms with Gasteiger partial charge in [-0.25, -0.2) is 0 Å². The van der Waals surface area contributed by atoms with Gasteiger partial charge in [-0.2, -0.15) is 0 Å². The molecule has 0 aromatic rings. The van der Waals surface area contributed by atoms with E-state index in [1.54, 1.807) is 0 Å². The monoisotopic (exact) mass is 643 g/mol. The Balaban J connectivity index is 3.66. The molecule has 46 heavy (non-hydrogen) atoms. The summed E-state index contributed by atoms with van der Waals surface area (Å²) >= 11 is 0. The number of rotatable bonds is 33. The molecule has 0 fully saturated rings. The fourth-order valence-electron chi connectivity index (χ4n) is 4.99. The normalized spacial score (nSPS) is 12.8. The first-order valence-electron chi connectivity index (χ1n) is 18.8. The molecule has 0 spiro atoms. The predicted molar refractivity (Wildman–Crippen MR) is 196 cm³/mol. The van der Waals surface area contributed by atoms with Crippen molar-refractivity contribution < 1.29 is 24.2 Å². The Morgan fingerprint density at radius 1 is 0.522 bits per heavy atom. The summed E-state index contributed by atoms with van der Waals surface area (Å²) in [4.78, 5) is 24.2. The molecule has 0 aromatic heterocycles. The molecule has 0 unspecified atom stereocenters. The zero-order chi connectivity index (χ0) is 33.6. The average molecular weight is 643 g/mol. The fraction of sp³-hybridized carbons (Fsp3) is 0.707. The van der Waals surface area contributed by atoms with Crippen LogP contribution in [0.5, 0.6) is 0 Å². The largest absolute Gasteiger partial charge is 0.462 e. The number of hydrogen-bond acceptors (Lipinski definition) is 5. The summed E-state index contributed by atoms with van der Waals surface area (Å²) in [5.41, 5.74) is 0. The van der Waals surface area contributed by atoms with Crippen molar-refractivity contribution in [1.29, 1.82) is 0 Å². The lowest BCUT2D eigenvalue weighted by Crippen LogP contribution is -2.28. The predicted octanol–water partition coefficient (Wildman–Crippen LogP) is 11.6. The van der Waals surface area contributed by atoms with E-state index in [0.717, 1.165) is 77.0 Å². The Morgan fingerprint density at radius 2 is 0.935 bits per heavy atom. The van der Waals surface area contributed by atoms with Crippen LogP contribution in [0.3, 0.4) is 0 Å². The van der Waals surface area contributed by atoms with Gasteiger partial charge >= 0.3 is 11.9 Å². The summed E-state index contributed by atoms with van der Waals surface area (Å²) < 4.78 is 10.6. The van der Waals surface area contributed by atoms with Gasteiger partial charge < -0.3 is 14.6 Å². The highest BCUT2D eigenvalue weighted by Gasteiger charge is 2.16. The van der Waals surface area contributed by atoms with Crippen LogP contribution < -0.4 is 0 Å². The van der Waals surface area contributed by atoms with E-state index in [1.807, 2.05) is 0 Å². The van der Waals surface area contributed by atoms with E-state index >= 15 is 0 Å². The zero-order valence-corrected chi connectivity index (χ0v) is 29.8. The smallest absolute Gasteiger partial charge is 0.306 e. The van der Waals surface area contributed by atoms with E-state index in [-0.39, 0.29) is 25.2 Å². The lowest BCUT2D eigenvalue weighted by molar-refractivity contribution is -0.161. The van der Waals surface area contributed by atoms with Gasteiger partial charge in [-0.3, -0.25) is 9.59 Å². The Morgan fingerprint density at radius 3 is 1.41 bits per heavy atom. The highest BCUT2D eigenvalue weighted by molar-refractivity contribution is 5.70. The number of hydrogen-bond donors (Lipinski definition) is 1. The second-order valence-corrected chi connectivity index (χ2v) is 12.3. The molecule has 1 atom stereocenters. The van der Waals surface area contributed by atoms with E-state index in [1.165, 1.54) is 64.2 Å². The Hall–Kier alpha value is -2.40. The summed E-state index contributed by atoms with van der Waals surface area (Å²) in [6.45, 7) is 3.98. The fourth-order valence-corrected chi connectivity index (χ4v) is 4.99. The first-order chi connectivity index (χ1) is 22.6. The topological polar surface area (TPSA) is 72.8 Å². The first-order valence-corrected chi connectivity index (χ1v) is 18.8. The SMILES string of the molecule is CC/C=C/C/C=C/C/C=C/C/C=C/C/C=C/CCCCCC(=O)O[C@@H](CO)COC(=O)CCCCCCCCCCCCCCC. The molecule has 0 aliphatic carbocycles. The third-order valence-corrected chi connectivity index (χ3v) is 7.83. The van der Waals surface area contributed by atoms with Crippen molar-refractivity contribution in [3.05, 3.63) is 60.8 Å². The zero-order valence-electron chi connectivity index (χ0n) is 29.8. The molecule has 0 saturated carbocycles. The molecule has 0 aliphatic heterocycles. The number of aliphatic hydroxyl groups is 1. The molecule has 0 bridgehead atoms. The van der Waals surface area contributed by atoms with Crippen molar-refractivity contribution in [3.63, 3.8) is 0 Å². The molecule has 0 aromatic carbocycles. The number of unbranched alkanes of at least 4 members (excludes halogenated alkanes) is 15. The molecule has 5 nitrogen and oxygen atoms in total. The third kappa shape index (κ3) is 34.5. The number of carbonyl (C=O) groups excluding carboxylic acids is 2. The molecule has 0 heterocycles. The average Bonchev–Trinajstić information content (AvgIpc) is 3.06. The lowest BCUT2D eigenvalue weighted by atomic mass is 10.0. The third-order valence-electron chi connectivity index (χ3n) is 7.83. The summed E-state index contributed by atoms with van der Waals surface area (Å²) in [5.74, 6) is -0.630. The molecular weight excluding hydrogens is 572 g/mol. The number of esters is 2. The van der Waals surface area contributed by atoms with Crippen LogP contribution in [0.2, 0.25) is 0 Å². The van der Waals surface area contributed by atoms with Crippen LogP contribution in [-0.2, 0) is 19.1 Å². The maximum Gasteiger partial charge on any atom is 0.306 e. The van der Waals surface area contributed by atoms with Crippen LogP contribution in [0.25, 0.3) is 0 Å². The highest BCUT2D eigenvalue weighted by atomic mass is 16.6. The van der Waals surface area contributed by atoms with Gasteiger partial charge in [-0.1, -0.05) is 158 Å². The number of ether oxygens (including phenoxy) is 2. The first kappa shape index (κ1) is 43.6. The van der Waals surface area contributed by atoms with Gasteiger partial charge in [0.2, 0.25) is 0 Å². The highest BCUT2D eigenvalue weighted by Crippen LogP contribution is 2.13. The van der Waals surface area contributed by atoms with Crippen LogP contribution in [0, 0.1) is 0 Å². The van der Waals surface area contributed by atoms with Gasteiger partial charge in [-0.15, -0.1) is 0 Å². The van der Waals surface area contributed by atoms with Crippen molar-refractivity contribution in [2.45, 2.75) is 174 Å². The van der Waals surface area contributed by atoms with Crippen LogP contribution in [0.15, 0.2) is 60.8 Å². The molecule has 1 N–H and O–H groups in total. The summed E-state index contributed by atoms with van der Waals surface area (Å²) in [6, 6.07) is 0. The van der Waals surface area contributed by atoms with Crippen molar-refractivity contribution >= 4 is 11.9 Å². The minimum Gasteiger partial charge on any atom is -0.462 e. The molecule has 264 valence electrons. The van der Waals surface area contributed by atoms with Crippen molar-refractivity contribution in [2.24, 2.45) is 0 Å². The number of carbonyl (C=O) groups is 2. The summed E-state index contributed by atoms with van der Waals surface area (Å²) in [5, 5.41) is 9.53. The molecule has 5 heteroatoms. The maximum atomic E-state index is 12.1. The van der Waals surface area contributed by atoms with Gasteiger partial charge in [0, 0.05) is 12.8 Å². The van der Waals surface area contributed by atoms with Gasteiger partial charge in [0.25, 0.3) is 0 Å². The van der Waals surface area contributed by atoms with Crippen molar-refractivity contribution in [1.82, 2.24) is 0 Å². The van der Waals surface area contributed by atoms with E-state index in [4.69, 9.17) is 9.47 Å². The van der Waals surface area contributed by atoms with Crippen LogP contribution in [0.1, 0.15) is 168 Å². The lowest BCUT2D eigenvalue weighted by Gasteiger charge is -2.15. The van der Waals surface area contributed by atoms with Gasteiger partial charge in [0.1, 0.15) is 6.61 Å². The van der Waals surface area contributed by atoms with Crippen molar-refractivity contribution in [2.75, 3.05) is 13.2 Å². The Labute approximate surface area is 283 Å². The molecule has 0 saturated heterocycles. The molecule has 0 aliphatic rings. The van der Waals surface area contributed by atoms with E-state index < -0.39 is 6.10 Å². The minimum atomic E-state index is -0.788. The molecule has 0 amide bonds. The maximum absolute atomic E-state index is 12.1. The van der Waals surface area contributed by atoms with Crippen LogP contribution in [0.4, 0.5) is 0 Å². The van der Waals surface area contributed by atoms with Gasteiger partial charge in [-0.05, 0) is 57.8 Å². The standard InChI is InChI=1S/C41H70O5/c1-3-5-7-9-11-13-15-17-18-19-20-21-22-24-26-28-30-32-34-36-41(44)46-39(37-42)38-45-40(43)35-33-31-29-27-25-23-16-14-12-10-8-6-4-2/h5,7,11,13,17-18,20-21,24,26,39,42H,3-4,6,8-10,12,14-16,19,22-23,25,27-38H2,1-2H3/b7-5+,13-11+,18-17+,21-20+,26-24+/t39-/m0/s1. The molecular formula is C41H70O5. The van der Waals surface area contributed by atoms with Gasteiger partial charge in [0.05, 0.1) is 6.61 Å². The van der Waals surface area contributed by atoms with Crippen LogP contribution >= 0.6 is 0 Å². The minimum absolute atomic E-state index is 0.0798. The van der Waals surface area contributed by atoms with Crippen LogP contribution in [-0.4, -0.2) is 36.4 Å². The number of allylic oxidation sites excluding steroid dienone is 10. The van der Waals surface area contributed by atoms with E-state index in [0.29, 0.717) is 12.8 Å². The summed E-state index contributed by atoms with van der Waals surface area (Å²) in [7, 11) is 0. The number of aliphatic hydroxyl groups excluding tert-OH is 1. The second kappa shape index (κ2) is 37.1. The van der Waals surface area contributed by atoms with Gasteiger partial charge in [0.15, 0.2) is 6.10 Å². The van der Waals surface area contributed by atoms with E-state index in [2.05, 4.69) is 74.6 Å². The molecule has 0 rings (SSSR count). The summed E-state index contributed by atoms with van der Waals surface area (Å²) in [6.07, 6.45) is 47.0. The quantitative estimate of drug-likeness (QED) is 0.0438. The second-order valence-electron chi connectivity index (χ2n) is 12.3. The molecule has 0 radical (unpaired) electrons. The Kier molecular flexibility index (Phi) is 35.1. The van der Waals surface area contributed by atoms with Crippen molar-refractivity contribution in [3.8, 4) is 0 Å².